The van der Waals surface area contributed by atoms with Gasteiger partial charge in [0.25, 0.3) is 0 Å². The van der Waals surface area contributed by atoms with Gasteiger partial charge in [-0.05, 0) is 12.1 Å². The molecule has 0 aromatic carbocycles. The van der Waals surface area contributed by atoms with Crippen molar-refractivity contribution in [3.8, 4) is 0 Å². The smallest absolute Gasteiger partial charge is 0.138 e. The van der Waals surface area contributed by atoms with Gasteiger partial charge in [-0.15, -0.1) is 12.6 Å². The van der Waals surface area contributed by atoms with Gasteiger partial charge in [-0.3, -0.25) is 0 Å². The molecular weight excluding hydrogens is 144 g/mol. The molecule has 0 amide bonds. The Labute approximate surface area is 63.7 Å². The number of pyridine rings is 1. The molecule has 2 nitrogen and oxygen atoms in total. The van der Waals surface area contributed by atoms with E-state index in [-0.39, 0.29) is 0 Å². The van der Waals surface area contributed by atoms with Crippen LogP contribution in [0.4, 0.5) is 0 Å². The summed E-state index contributed by atoms with van der Waals surface area (Å²) in [4.78, 5) is 8.05. The summed E-state index contributed by atoms with van der Waals surface area (Å²) in [5.41, 5.74) is 0.896. The minimum atomic E-state index is 0.896. The third-order valence-electron chi connectivity index (χ3n) is 1.43. The minimum absolute atomic E-state index is 0.896. The lowest BCUT2D eigenvalue weighted by Gasteiger charge is -1.85. The van der Waals surface area contributed by atoms with Gasteiger partial charge in [-0.1, -0.05) is 0 Å². The number of aromatic amines is 1. The van der Waals surface area contributed by atoms with Gasteiger partial charge < -0.3 is 4.98 Å². The first kappa shape index (κ1) is 5.80. The number of rotatable bonds is 0. The predicted octanol–water partition coefficient (Wildman–Crippen LogP) is 1.85. The molecule has 10 heavy (non-hydrogen) atoms. The van der Waals surface area contributed by atoms with E-state index in [1.165, 1.54) is 0 Å². The summed E-state index contributed by atoms with van der Waals surface area (Å²) in [6.45, 7) is 0. The lowest BCUT2D eigenvalue weighted by molar-refractivity contribution is 1.32. The molecule has 2 rings (SSSR count). The van der Waals surface area contributed by atoms with E-state index in [1.54, 1.807) is 6.20 Å². The number of aromatic nitrogens is 2. The Balaban J connectivity index is 2.93. The average Bonchev–Trinajstić information content (AvgIpc) is 2.34. The molecule has 0 radical (unpaired) electrons. The van der Waals surface area contributed by atoms with Gasteiger partial charge in [0.15, 0.2) is 0 Å². The molecule has 0 aliphatic heterocycles. The first-order valence-corrected chi connectivity index (χ1v) is 3.44. The van der Waals surface area contributed by atoms with Crippen LogP contribution in [0.25, 0.3) is 11.0 Å². The number of nitrogens with zero attached hydrogens (tertiary/aromatic N) is 1. The van der Waals surface area contributed by atoms with Gasteiger partial charge >= 0.3 is 0 Å². The number of thiol groups is 1. The van der Waals surface area contributed by atoms with Crippen LogP contribution in [0.3, 0.4) is 0 Å². The molecule has 0 aliphatic rings. The predicted molar refractivity (Wildman–Crippen MR) is 43.3 cm³/mol. The second-order valence-corrected chi connectivity index (χ2v) is 2.56. The van der Waals surface area contributed by atoms with Gasteiger partial charge in [0, 0.05) is 22.7 Å². The normalized spacial score (nSPS) is 10.5. The Morgan fingerprint density at radius 2 is 2.40 bits per heavy atom. The van der Waals surface area contributed by atoms with Crippen molar-refractivity contribution in [2.24, 2.45) is 0 Å². The molecule has 2 heterocycles. The summed E-state index contributed by atoms with van der Waals surface area (Å²) in [7, 11) is 0. The Bertz CT molecular complexity index is 353. The summed E-state index contributed by atoms with van der Waals surface area (Å²) >= 11 is 4.23. The fourth-order valence-electron chi connectivity index (χ4n) is 0.941. The Morgan fingerprint density at radius 3 is 3.20 bits per heavy atom. The van der Waals surface area contributed by atoms with E-state index in [1.807, 2.05) is 18.3 Å². The zero-order chi connectivity index (χ0) is 6.97. The highest BCUT2D eigenvalue weighted by Crippen LogP contribution is 2.17. The molecule has 0 saturated carbocycles. The number of nitrogens with one attached hydrogen (secondary N) is 1. The van der Waals surface area contributed by atoms with E-state index in [0.717, 1.165) is 15.9 Å². The molecule has 1 N–H and O–H groups in total. The van der Waals surface area contributed by atoms with Crippen molar-refractivity contribution < 1.29 is 0 Å². The van der Waals surface area contributed by atoms with Crippen molar-refractivity contribution >= 4 is 23.7 Å². The summed E-state index contributed by atoms with van der Waals surface area (Å²) in [6, 6.07) is 3.89. The first-order valence-electron chi connectivity index (χ1n) is 2.99. The lowest BCUT2D eigenvalue weighted by Crippen LogP contribution is -1.71. The summed E-state index contributed by atoms with van der Waals surface area (Å²) in [5, 5.41) is 1.07. The molecule has 0 bridgehead atoms. The Kier molecular flexibility index (Phi) is 1.17. The number of H-pyrrole nitrogens is 1. The zero-order valence-electron chi connectivity index (χ0n) is 5.20. The van der Waals surface area contributed by atoms with E-state index in [4.69, 9.17) is 0 Å². The maximum absolute atomic E-state index is 4.23. The van der Waals surface area contributed by atoms with Crippen LogP contribution in [-0.4, -0.2) is 9.97 Å². The monoisotopic (exact) mass is 150 g/mol. The standard InChI is InChI=1S/C7H6N2S/c10-6-4-9-7-5(6)2-1-3-8-7/h1-4,10H,(H,8,9). The van der Waals surface area contributed by atoms with Crippen LogP contribution in [0.5, 0.6) is 0 Å². The largest absolute Gasteiger partial charge is 0.345 e. The molecular formula is C7H6N2S. The number of fused-ring (bicyclic) bond motifs is 1. The maximum Gasteiger partial charge on any atom is 0.138 e. The first-order chi connectivity index (χ1) is 4.88. The van der Waals surface area contributed by atoms with Crippen molar-refractivity contribution in [1.82, 2.24) is 9.97 Å². The van der Waals surface area contributed by atoms with Crippen LogP contribution < -0.4 is 0 Å². The summed E-state index contributed by atoms with van der Waals surface area (Å²) in [5.74, 6) is 0. The molecule has 0 spiro atoms. The Morgan fingerprint density at radius 1 is 1.50 bits per heavy atom. The van der Waals surface area contributed by atoms with E-state index in [9.17, 15) is 0 Å². The fourth-order valence-corrected chi connectivity index (χ4v) is 1.19. The third kappa shape index (κ3) is 0.708. The number of hydrogen-bond donors (Lipinski definition) is 2. The van der Waals surface area contributed by atoms with Crippen molar-refractivity contribution in [3.63, 3.8) is 0 Å². The SMILES string of the molecule is Sc1c[nH]c2ncccc12. The lowest BCUT2D eigenvalue weighted by atomic mass is 10.3. The van der Waals surface area contributed by atoms with Crippen LogP contribution >= 0.6 is 12.6 Å². The Hall–Kier alpha value is -0.960. The van der Waals surface area contributed by atoms with Gasteiger partial charge in [0.1, 0.15) is 5.65 Å². The maximum atomic E-state index is 4.23. The van der Waals surface area contributed by atoms with Crippen LogP contribution in [-0.2, 0) is 0 Å². The van der Waals surface area contributed by atoms with Crippen LogP contribution in [0.1, 0.15) is 0 Å². The van der Waals surface area contributed by atoms with Crippen LogP contribution in [0.15, 0.2) is 29.4 Å². The third-order valence-corrected chi connectivity index (χ3v) is 1.80. The quantitative estimate of drug-likeness (QED) is 0.551. The van der Waals surface area contributed by atoms with Crippen LogP contribution in [0.2, 0.25) is 0 Å². The van der Waals surface area contributed by atoms with Gasteiger partial charge in [0.05, 0.1) is 0 Å². The molecule has 0 unspecified atom stereocenters. The average molecular weight is 150 g/mol. The molecule has 3 heteroatoms. The topological polar surface area (TPSA) is 28.7 Å². The molecule has 0 aliphatic carbocycles. The molecule has 50 valence electrons. The minimum Gasteiger partial charge on any atom is -0.345 e. The molecule has 2 aromatic rings. The molecule has 0 fully saturated rings. The molecule has 2 aromatic heterocycles. The van der Waals surface area contributed by atoms with E-state index in [0.29, 0.717) is 0 Å². The van der Waals surface area contributed by atoms with E-state index in [2.05, 4.69) is 22.6 Å². The summed E-state index contributed by atoms with van der Waals surface area (Å²) in [6.07, 6.45) is 3.59. The fraction of sp³-hybridized carbons (Fsp3) is 0. The van der Waals surface area contributed by atoms with E-state index < -0.39 is 0 Å². The second kappa shape index (κ2) is 2.02. The van der Waals surface area contributed by atoms with Crippen molar-refractivity contribution in [2.45, 2.75) is 4.90 Å². The second-order valence-electron chi connectivity index (χ2n) is 2.07. The highest BCUT2D eigenvalue weighted by molar-refractivity contribution is 7.80. The molecule has 0 saturated heterocycles. The highest BCUT2D eigenvalue weighted by Gasteiger charge is 1.96. The zero-order valence-corrected chi connectivity index (χ0v) is 6.10. The highest BCUT2D eigenvalue weighted by atomic mass is 32.1. The summed E-state index contributed by atoms with van der Waals surface area (Å²) < 4.78 is 0. The molecule has 0 atom stereocenters. The van der Waals surface area contributed by atoms with Crippen LogP contribution in [0, 0.1) is 0 Å². The van der Waals surface area contributed by atoms with Gasteiger partial charge in [-0.2, -0.15) is 0 Å². The van der Waals surface area contributed by atoms with Crippen molar-refractivity contribution in [3.05, 3.63) is 24.5 Å². The van der Waals surface area contributed by atoms with Gasteiger partial charge in [0.2, 0.25) is 0 Å². The number of hydrogen-bond acceptors (Lipinski definition) is 2. The van der Waals surface area contributed by atoms with Crippen molar-refractivity contribution in [1.29, 1.82) is 0 Å². The van der Waals surface area contributed by atoms with Crippen molar-refractivity contribution in [2.75, 3.05) is 0 Å². The van der Waals surface area contributed by atoms with E-state index >= 15 is 0 Å². The van der Waals surface area contributed by atoms with Gasteiger partial charge in [-0.25, -0.2) is 4.98 Å².